The topological polar surface area (TPSA) is 0 Å². The van der Waals surface area contributed by atoms with E-state index in [4.69, 9.17) is 0 Å². The normalized spacial score (nSPS) is 17.2. The van der Waals surface area contributed by atoms with E-state index in [1.54, 1.807) is 0 Å². The zero-order chi connectivity index (χ0) is 20.1. The fourth-order valence-corrected chi connectivity index (χ4v) is 5.41. The predicted octanol–water partition coefficient (Wildman–Crippen LogP) is 7.44. The van der Waals surface area contributed by atoms with Crippen LogP contribution in [-0.2, 0) is 10.8 Å². The minimum atomic E-state index is -0.256. The molecule has 0 amide bonds. The molecule has 0 aliphatic heterocycles. The Bertz CT molecular complexity index is 1070. The van der Waals surface area contributed by atoms with Crippen molar-refractivity contribution in [3.8, 4) is 0 Å². The summed E-state index contributed by atoms with van der Waals surface area (Å²) in [5, 5.41) is 0. The number of fused-ring (bicyclic) bond motifs is 2. The summed E-state index contributed by atoms with van der Waals surface area (Å²) in [5.41, 5.74) is 9.92. The second kappa shape index (κ2) is 6.59. The average Bonchev–Trinajstić information content (AvgIpc) is 3.06. The van der Waals surface area contributed by atoms with Crippen LogP contribution in [0.1, 0.15) is 61.4 Å². The van der Waals surface area contributed by atoms with E-state index in [1.165, 1.54) is 39.0 Å². The minimum Gasteiger partial charge on any atom is -0.0839 e. The van der Waals surface area contributed by atoms with Crippen LogP contribution in [0, 0.1) is 0 Å². The minimum absolute atomic E-state index is 0.0679. The van der Waals surface area contributed by atoms with Crippen molar-refractivity contribution in [2.24, 2.45) is 0 Å². The van der Waals surface area contributed by atoms with Crippen LogP contribution < -0.4 is 0 Å². The maximum Gasteiger partial charge on any atom is 0.0713 e. The summed E-state index contributed by atoms with van der Waals surface area (Å²) in [5.74, 6) is 0. The first kappa shape index (κ1) is 18.2. The van der Waals surface area contributed by atoms with Gasteiger partial charge in [0.25, 0.3) is 0 Å². The van der Waals surface area contributed by atoms with Crippen molar-refractivity contribution in [1.29, 1.82) is 0 Å². The van der Waals surface area contributed by atoms with E-state index in [9.17, 15) is 0 Å². The predicted molar refractivity (Wildman–Crippen MR) is 123 cm³/mol. The Balaban J connectivity index is 1.99. The van der Waals surface area contributed by atoms with Gasteiger partial charge in [-0.3, -0.25) is 0 Å². The largest absolute Gasteiger partial charge is 0.0839 e. The lowest BCUT2D eigenvalue weighted by molar-refractivity contribution is 0.571. The van der Waals surface area contributed by atoms with E-state index >= 15 is 0 Å². The first-order valence-corrected chi connectivity index (χ1v) is 10.7. The van der Waals surface area contributed by atoms with Gasteiger partial charge in [0.1, 0.15) is 0 Å². The molecule has 0 heteroatoms. The van der Waals surface area contributed by atoms with Gasteiger partial charge in [-0.1, -0.05) is 112 Å². The fraction of sp³-hybridized carbons (Fsp3) is 0.241. The third kappa shape index (κ3) is 2.59. The summed E-state index contributed by atoms with van der Waals surface area (Å²) in [6, 6.07) is 29.2. The van der Waals surface area contributed by atoms with Gasteiger partial charge >= 0.3 is 0 Å². The number of hydrogen-bond donors (Lipinski definition) is 0. The second-order valence-corrected chi connectivity index (χ2v) is 9.29. The number of rotatable bonds is 2. The van der Waals surface area contributed by atoms with Crippen LogP contribution in [0.5, 0.6) is 0 Å². The molecule has 0 atom stereocenters. The molecule has 0 saturated heterocycles. The van der Waals surface area contributed by atoms with Gasteiger partial charge in [0.15, 0.2) is 0 Å². The third-order valence-corrected chi connectivity index (χ3v) is 6.56. The molecule has 0 nitrogen and oxygen atoms in total. The third-order valence-electron chi connectivity index (χ3n) is 6.56. The first-order valence-electron chi connectivity index (χ1n) is 10.7. The standard InChI is InChI=1S/C29H28/c1-28(2,3)26-20-12-18-24-23-17-10-11-19-25(23)29(27(24)26,21-13-6-4-7-14-21)22-15-8-5-9-16-22/h4-9,11-16,18-20H,10,17H2,1-3H3. The lowest BCUT2D eigenvalue weighted by Crippen LogP contribution is -2.32. The van der Waals surface area contributed by atoms with Gasteiger partial charge in [-0.25, -0.2) is 0 Å². The molecule has 0 unspecified atom stereocenters. The Kier molecular flexibility index (Phi) is 4.13. The highest BCUT2D eigenvalue weighted by Gasteiger charge is 2.49. The monoisotopic (exact) mass is 376 g/mol. The molecule has 2 aliphatic carbocycles. The second-order valence-electron chi connectivity index (χ2n) is 9.29. The van der Waals surface area contributed by atoms with Crippen LogP contribution in [0.4, 0.5) is 0 Å². The van der Waals surface area contributed by atoms with Crippen molar-refractivity contribution < 1.29 is 0 Å². The van der Waals surface area contributed by atoms with Crippen molar-refractivity contribution in [3.05, 3.63) is 124 Å². The SMILES string of the molecule is CC(C)(C)c1cccc2c1C(c1ccccc1)(c1ccccc1)C1=C2CCC=C1. The molecule has 0 aromatic heterocycles. The molecule has 144 valence electrons. The summed E-state index contributed by atoms with van der Waals surface area (Å²) in [7, 11) is 0. The van der Waals surface area contributed by atoms with Crippen LogP contribution in [0.3, 0.4) is 0 Å². The summed E-state index contributed by atoms with van der Waals surface area (Å²) in [6.45, 7) is 7.03. The van der Waals surface area contributed by atoms with Crippen LogP contribution in [0.2, 0.25) is 0 Å². The Labute approximate surface area is 174 Å². The van der Waals surface area contributed by atoms with E-state index in [1.807, 2.05) is 0 Å². The van der Waals surface area contributed by atoms with Crippen molar-refractivity contribution >= 4 is 5.57 Å². The first-order chi connectivity index (χ1) is 14.0. The summed E-state index contributed by atoms with van der Waals surface area (Å²) in [4.78, 5) is 0. The van der Waals surface area contributed by atoms with E-state index in [0.29, 0.717) is 0 Å². The maximum atomic E-state index is 2.41. The van der Waals surface area contributed by atoms with E-state index in [0.717, 1.165) is 12.8 Å². The van der Waals surface area contributed by atoms with E-state index < -0.39 is 0 Å². The van der Waals surface area contributed by atoms with Gasteiger partial charge in [-0.2, -0.15) is 0 Å². The smallest absolute Gasteiger partial charge is 0.0713 e. The molecule has 0 spiro atoms. The maximum absolute atomic E-state index is 2.41. The van der Waals surface area contributed by atoms with E-state index in [2.05, 4.69) is 112 Å². The molecule has 0 N–H and O–H groups in total. The van der Waals surface area contributed by atoms with Crippen molar-refractivity contribution in [1.82, 2.24) is 0 Å². The van der Waals surface area contributed by atoms with Crippen LogP contribution in [0.25, 0.3) is 5.57 Å². The van der Waals surface area contributed by atoms with Crippen molar-refractivity contribution in [2.45, 2.75) is 44.4 Å². The number of allylic oxidation sites excluding steroid dienone is 4. The molecule has 0 saturated carbocycles. The molecular weight excluding hydrogens is 348 g/mol. The molecule has 29 heavy (non-hydrogen) atoms. The highest BCUT2D eigenvalue weighted by molar-refractivity contribution is 5.89. The highest BCUT2D eigenvalue weighted by Crippen LogP contribution is 2.58. The average molecular weight is 377 g/mol. The van der Waals surface area contributed by atoms with Crippen LogP contribution in [0.15, 0.2) is 96.6 Å². The Morgan fingerprint density at radius 2 is 1.34 bits per heavy atom. The summed E-state index contributed by atoms with van der Waals surface area (Å²) < 4.78 is 0. The lowest BCUT2D eigenvalue weighted by Gasteiger charge is -2.38. The number of benzene rings is 3. The quantitative estimate of drug-likeness (QED) is 0.436. The zero-order valence-corrected chi connectivity index (χ0v) is 17.6. The van der Waals surface area contributed by atoms with Gasteiger partial charge in [0.05, 0.1) is 5.41 Å². The molecule has 3 aromatic carbocycles. The summed E-state index contributed by atoms with van der Waals surface area (Å²) >= 11 is 0. The molecule has 0 fully saturated rings. The lowest BCUT2D eigenvalue weighted by atomic mass is 9.63. The highest BCUT2D eigenvalue weighted by atomic mass is 14.5. The van der Waals surface area contributed by atoms with Gasteiger partial charge in [-0.15, -0.1) is 0 Å². The van der Waals surface area contributed by atoms with Gasteiger partial charge in [-0.05, 0) is 57.2 Å². The summed E-state index contributed by atoms with van der Waals surface area (Å²) in [6.07, 6.45) is 7.01. The van der Waals surface area contributed by atoms with Crippen LogP contribution >= 0.6 is 0 Å². The Morgan fingerprint density at radius 1 is 0.724 bits per heavy atom. The molecule has 0 bridgehead atoms. The molecular formula is C29H28. The molecule has 2 aliphatic rings. The van der Waals surface area contributed by atoms with Crippen LogP contribution in [-0.4, -0.2) is 0 Å². The van der Waals surface area contributed by atoms with E-state index in [-0.39, 0.29) is 10.8 Å². The Morgan fingerprint density at radius 3 is 1.93 bits per heavy atom. The number of hydrogen-bond acceptors (Lipinski definition) is 0. The van der Waals surface area contributed by atoms with Crippen molar-refractivity contribution in [2.75, 3.05) is 0 Å². The van der Waals surface area contributed by atoms with Gasteiger partial charge in [0.2, 0.25) is 0 Å². The fourth-order valence-electron chi connectivity index (χ4n) is 5.41. The molecule has 0 heterocycles. The van der Waals surface area contributed by atoms with Gasteiger partial charge < -0.3 is 0 Å². The van der Waals surface area contributed by atoms with Crippen molar-refractivity contribution in [3.63, 3.8) is 0 Å². The molecule has 3 aromatic rings. The van der Waals surface area contributed by atoms with Gasteiger partial charge in [0, 0.05) is 0 Å². The Hall–Kier alpha value is -2.86. The molecule has 5 rings (SSSR count). The molecule has 0 radical (unpaired) electrons. The zero-order valence-electron chi connectivity index (χ0n) is 17.6.